The van der Waals surface area contributed by atoms with Crippen molar-refractivity contribution in [1.82, 2.24) is 4.72 Å². The summed E-state index contributed by atoms with van der Waals surface area (Å²) in [7, 11) is -3.58. The van der Waals surface area contributed by atoms with Crippen LogP contribution < -0.4 is 4.72 Å². The fourth-order valence-corrected chi connectivity index (χ4v) is 5.32. The predicted molar refractivity (Wildman–Crippen MR) is 113 cm³/mol. The lowest BCUT2D eigenvalue weighted by atomic mass is 10.1. The minimum absolute atomic E-state index is 0.0584. The predicted octanol–water partition coefficient (Wildman–Crippen LogP) is 4.45. The molecule has 2 aliphatic carbocycles. The van der Waals surface area contributed by atoms with Crippen LogP contribution >= 0.6 is 0 Å². The highest BCUT2D eigenvalue weighted by Crippen LogP contribution is 2.42. The topological polar surface area (TPSA) is 104 Å². The molecule has 160 valence electrons. The van der Waals surface area contributed by atoms with Crippen LogP contribution in [-0.4, -0.2) is 30.8 Å². The molecule has 3 N–H and O–H groups in total. The molecule has 2 aliphatic rings. The summed E-state index contributed by atoms with van der Waals surface area (Å²) in [5.41, 5.74) is 4.96. The average molecular weight is 441 g/mol. The van der Waals surface area contributed by atoms with Crippen molar-refractivity contribution in [1.29, 1.82) is 0 Å². The Balaban J connectivity index is 0.000000535. The van der Waals surface area contributed by atoms with Gasteiger partial charge in [0.15, 0.2) is 0 Å². The van der Waals surface area contributed by atoms with Gasteiger partial charge in [-0.05, 0) is 64.9 Å². The number of sulfonamides is 1. The van der Waals surface area contributed by atoms with Crippen molar-refractivity contribution < 1.29 is 27.8 Å². The summed E-state index contributed by atoms with van der Waals surface area (Å²) in [4.78, 5) is 8.83. The third kappa shape index (κ3) is 4.60. The van der Waals surface area contributed by atoms with E-state index in [1.54, 1.807) is 18.2 Å². The summed E-state index contributed by atoms with van der Waals surface area (Å²) in [6, 6.07) is 19.8. The second kappa shape index (κ2) is 8.13. The largest absolute Gasteiger partial charge is 0.503 e. The molecule has 2 atom stereocenters. The van der Waals surface area contributed by atoms with Crippen LogP contribution in [0.25, 0.3) is 11.1 Å². The Labute approximate surface area is 179 Å². The second-order valence-electron chi connectivity index (χ2n) is 7.56. The summed E-state index contributed by atoms with van der Waals surface area (Å²) in [6.07, 6.45) is -0.458. The lowest BCUT2D eigenvalue weighted by molar-refractivity contribution is 0.137. The van der Waals surface area contributed by atoms with Crippen LogP contribution in [0.2, 0.25) is 0 Å². The lowest BCUT2D eigenvalue weighted by Crippen LogP contribution is -2.27. The molecule has 1 fully saturated rings. The van der Waals surface area contributed by atoms with Gasteiger partial charge < -0.3 is 10.2 Å². The number of rotatable bonds is 4. The van der Waals surface area contributed by atoms with E-state index in [0.717, 1.165) is 34.2 Å². The van der Waals surface area contributed by atoms with Gasteiger partial charge in [-0.1, -0.05) is 42.5 Å². The third-order valence-electron chi connectivity index (χ3n) is 5.45. The summed E-state index contributed by atoms with van der Waals surface area (Å²) in [5, 5.41) is 13.9. The monoisotopic (exact) mass is 441 g/mol. The van der Waals surface area contributed by atoms with Crippen LogP contribution in [0.5, 0.6) is 0 Å². The van der Waals surface area contributed by atoms with E-state index >= 15 is 0 Å². The number of nitrogens with one attached hydrogen (secondary N) is 1. The minimum Gasteiger partial charge on any atom is -0.450 e. The van der Waals surface area contributed by atoms with Gasteiger partial charge >= 0.3 is 6.16 Å². The summed E-state index contributed by atoms with van der Waals surface area (Å²) < 4.78 is 41.9. The van der Waals surface area contributed by atoms with Crippen LogP contribution in [-0.2, 0) is 16.4 Å². The van der Waals surface area contributed by atoms with E-state index < -0.39 is 16.2 Å². The smallest absolute Gasteiger partial charge is 0.450 e. The van der Waals surface area contributed by atoms with Crippen molar-refractivity contribution in [3.05, 3.63) is 89.2 Å². The quantitative estimate of drug-likeness (QED) is 0.434. The Kier molecular flexibility index (Phi) is 5.51. The Morgan fingerprint density at radius 3 is 2.23 bits per heavy atom. The van der Waals surface area contributed by atoms with E-state index in [-0.39, 0.29) is 22.7 Å². The number of fused-ring (bicyclic) bond motifs is 3. The van der Waals surface area contributed by atoms with Crippen molar-refractivity contribution in [2.45, 2.75) is 29.7 Å². The van der Waals surface area contributed by atoms with Gasteiger partial charge in [0, 0.05) is 12.0 Å². The molecule has 5 rings (SSSR count). The fraction of sp³-hybridized carbons (Fsp3) is 0.174. The molecule has 3 aromatic carbocycles. The zero-order valence-corrected chi connectivity index (χ0v) is 17.1. The van der Waals surface area contributed by atoms with E-state index in [1.165, 1.54) is 12.1 Å². The van der Waals surface area contributed by atoms with Gasteiger partial charge in [-0.25, -0.2) is 22.3 Å². The minimum atomic E-state index is -3.58. The highest BCUT2D eigenvalue weighted by Gasteiger charge is 2.41. The summed E-state index contributed by atoms with van der Waals surface area (Å²) in [6.45, 7) is 0. The van der Waals surface area contributed by atoms with Gasteiger partial charge in [0.2, 0.25) is 10.0 Å². The van der Waals surface area contributed by atoms with E-state index in [9.17, 15) is 12.8 Å². The molecule has 6 nitrogen and oxygen atoms in total. The molecule has 0 aromatic heterocycles. The number of carboxylic acid groups (broad SMARTS) is 2. The van der Waals surface area contributed by atoms with E-state index in [1.807, 2.05) is 36.4 Å². The second-order valence-corrected chi connectivity index (χ2v) is 9.27. The van der Waals surface area contributed by atoms with Crippen molar-refractivity contribution in [2.75, 3.05) is 0 Å². The van der Waals surface area contributed by atoms with Crippen LogP contribution in [0.3, 0.4) is 0 Å². The van der Waals surface area contributed by atoms with E-state index in [0.29, 0.717) is 6.42 Å². The molecule has 31 heavy (non-hydrogen) atoms. The highest BCUT2D eigenvalue weighted by molar-refractivity contribution is 7.89. The van der Waals surface area contributed by atoms with Crippen LogP contribution in [0, 0.1) is 5.82 Å². The number of hydrogen-bond acceptors (Lipinski definition) is 3. The first-order valence-corrected chi connectivity index (χ1v) is 11.1. The van der Waals surface area contributed by atoms with Crippen LogP contribution in [0.15, 0.2) is 71.6 Å². The number of hydrogen-bond donors (Lipinski definition) is 3. The molecule has 3 aromatic rings. The molecule has 0 radical (unpaired) electrons. The molecule has 0 amide bonds. The Morgan fingerprint density at radius 1 is 0.935 bits per heavy atom. The third-order valence-corrected chi connectivity index (χ3v) is 6.94. The fourth-order valence-electron chi connectivity index (χ4n) is 3.98. The van der Waals surface area contributed by atoms with Gasteiger partial charge in [0.05, 0.1) is 4.90 Å². The van der Waals surface area contributed by atoms with Crippen LogP contribution in [0.1, 0.15) is 29.0 Å². The molecule has 0 heterocycles. The maximum atomic E-state index is 13.5. The normalized spacial score (nSPS) is 18.4. The molecule has 0 unspecified atom stereocenters. The molecule has 8 heteroatoms. The standard InChI is InChI=1S/C22H18FNO2S.CH2O3/c23-17-6-8-19-15(11-17)10-16-12-18(7-9-20(16)19)27(25,26)24-22-13-21(22)14-4-2-1-3-5-14;2-1(3)4/h1-9,11-12,21-22,24H,10,13H2;(H2,2,3,4)/t21-,22+;/m0./s1. The van der Waals surface area contributed by atoms with Crippen molar-refractivity contribution in [3.63, 3.8) is 0 Å². The average Bonchev–Trinajstić information content (AvgIpc) is 3.37. The number of halogens is 1. The SMILES string of the molecule is O=C(O)O.O=S(=O)(N[C@@H]1C[C@H]1c1ccccc1)c1ccc2c(c1)Cc1cc(F)ccc1-2. The van der Waals surface area contributed by atoms with Gasteiger partial charge in [-0.3, -0.25) is 0 Å². The van der Waals surface area contributed by atoms with Gasteiger partial charge in [-0.15, -0.1) is 0 Å². The van der Waals surface area contributed by atoms with E-state index in [4.69, 9.17) is 15.0 Å². The highest BCUT2D eigenvalue weighted by atomic mass is 32.2. The van der Waals surface area contributed by atoms with Crippen molar-refractivity contribution >= 4 is 16.2 Å². The maximum absolute atomic E-state index is 13.5. The summed E-state index contributed by atoms with van der Waals surface area (Å²) in [5.74, 6) is -0.0283. The zero-order chi connectivity index (χ0) is 22.2. The Morgan fingerprint density at radius 2 is 1.55 bits per heavy atom. The first-order chi connectivity index (χ1) is 14.7. The summed E-state index contributed by atoms with van der Waals surface area (Å²) >= 11 is 0. The molecule has 1 saturated carbocycles. The van der Waals surface area contributed by atoms with Gasteiger partial charge in [0.1, 0.15) is 5.82 Å². The number of benzene rings is 3. The molecule has 0 aliphatic heterocycles. The zero-order valence-electron chi connectivity index (χ0n) is 16.3. The number of carbonyl (C=O) groups is 1. The van der Waals surface area contributed by atoms with Crippen molar-refractivity contribution in [3.8, 4) is 11.1 Å². The molecule has 0 saturated heterocycles. The first-order valence-electron chi connectivity index (χ1n) is 9.65. The Hall–Kier alpha value is -3.23. The molecular weight excluding hydrogens is 421 g/mol. The van der Waals surface area contributed by atoms with Gasteiger partial charge in [-0.2, -0.15) is 0 Å². The molecule has 0 bridgehead atoms. The molecule has 0 spiro atoms. The van der Waals surface area contributed by atoms with Crippen molar-refractivity contribution in [2.24, 2.45) is 0 Å². The maximum Gasteiger partial charge on any atom is 0.503 e. The van der Waals surface area contributed by atoms with E-state index in [2.05, 4.69) is 4.72 Å². The molecular formula is C23H20FNO5S. The first kappa shape index (κ1) is 21.0. The van der Waals surface area contributed by atoms with Crippen LogP contribution in [0.4, 0.5) is 9.18 Å². The lowest BCUT2D eigenvalue weighted by Gasteiger charge is -2.09. The Bertz CT molecular complexity index is 1240. The van der Waals surface area contributed by atoms with Gasteiger partial charge in [0.25, 0.3) is 0 Å².